The van der Waals surface area contributed by atoms with Crippen LogP contribution in [0.4, 0.5) is 5.82 Å². The summed E-state index contributed by atoms with van der Waals surface area (Å²) in [5, 5.41) is 34.9. The van der Waals surface area contributed by atoms with Crippen LogP contribution in [0.2, 0.25) is 0 Å². The standard InChI is InChI=1S/C18H20N6O6/c19-23-22-11(8-10-4-2-1-3-5-10)16(28)20-13-6-7-24(18(29)21-13)17-15(27)14(26)12(9-25)30-17/h1-7,11-12,14-15,17,25-27H,8-9H2,(H,20,21,28,29)/t11?,12-,14-,15-,17-/m1/s1. The number of nitrogens with zero attached hydrogens (tertiary/aromatic N) is 5. The Kier molecular flexibility index (Phi) is 6.77. The van der Waals surface area contributed by atoms with Crippen LogP contribution in [0.15, 0.2) is 52.5 Å². The second-order valence-corrected chi connectivity index (χ2v) is 6.63. The first-order chi connectivity index (χ1) is 14.4. The van der Waals surface area contributed by atoms with E-state index in [0.717, 1.165) is 10.1 Å². The minimum absolute atomic E-state index is 0.0841. The predicted octanol–water partition coefficient (Wildman–Crippen LogP) is -0.285. The van der Waals surface area contributed by atoms with Gasteiger partial charge in [0.05, 0.1) is 6.61 Å². The van der Waals surface area contributed by atoms with Gasteiger partial charge < -0.3 is 25.4 Å². The van der Waals surface area contributed by atoms with Gasteiger partial charge >= 0.3 is 5.69 Å². The van der Waals surface area contributed by atoms with Crippen LogP contribution >= 0.6 is 0 Å². The third-order valence-corrected chi connectivity index (χ3v) is 4.64. The van der Waals surface area contributed by atoms with Crippen molar-refractivity contribution >= 4 is 11.7 Å². The van der Waals surface area contributed by atoms with Gasteiger partial charge in [0.2, 0.25) is 5.91 Å². The molecule has 1 unspecified atom stereocenters. The van der Waals surface area contributed by atoms with Gasteiger partial charge in [0.25, 0.3) is 0 Å². The van der Waals surface area contributed by atoms with E-state index in [1.807, 2.05) is 6.07 Å². The van der Waals surface area contributed by atoms with E-state index < -0.39 is 48.8 Å². The fourth-order valence-electron chi connectivity index (χ4n) is 3.08. The average Bonchev–Trinajstić information content (AvgIpc) is 3.02. The minimum atomic E-state index is -1.44. The van der Waals surface area contributed by atoms with Crippen molar-refractivity contribution in [1.82, 2.24) is 9.55 Å². The Morgan fingerprint density at radius 1 is 1.30 bits per heavy atom. The van der Waals surface area contributed by atoms with Crippen molar-refractivity contribution in [3.8, 4) is 0 Å². The number of aliphatic hydroxyl groups is 3. The van der Waals surface area contributed by atoms with E-state index in [0.29, 0.717) is 0 Å². The normalized spacial score (nSPS) is 24.1. The molecule has 1 amide bonds. The molecule has 4 N–H and O–H groups in total. The summed E-state index contributed by atoms with van der Waals surface area (Å²) >= 11 is 0. The SMILES string of the molecule is [N-]=[N+]=NC(Cc1ccccc1)C(=O)Nc1ccn([C@@H]2O[C@H](CO)[C@@H](O)[C@H]2O)c(=O)n1. The number of aliphatic hydroxyl groups excluding tert-OH is 3. The third kappa shape index (κ3) is 4.64. The van der Waals surface area contributed by atoms with Gasteiger partial charge in [-0.2, -0.15) is 4.98 Å². The summed E-state index contributed by atoms with van der Waals surface area (Å²) in [5.74, 6) is -0.728. The molecule has 2 heterocycles. The summed E-state index contributed by atoms with van der Waals surface area (Å²) in [4.78, 5) is 31.2. The van der Waals surface area contributed by atoms with E-state index in [1.54, 1.807) is 24.3 Å². The van der Waals surface area contributed by atoms with E-state index in [-0.39, 0.29) is 12.2 Å². The smallest absolute Gasteiger partial charge is 0.351 e. The zero-order valence-corrected chi connectivity index (χ0v) is 15.6. The van der Waals surface area contributed by atoms with Gasteiger partial charge in [0.15, 0.2) is 6.23 Å². The van der Waals surface area contributed by atoms with Crippen molar-refractivity contribution in [3.63, 3.8) is 0 Å². The quantitative estimate of drug-likeness (QED) is 0.272. The molecule has 30 heavy (non-hydrogen) atoms. The molecule has 0 spiro atoms. The number of ether oxygens (including phenoxy) is 1. The number of rotatable bonds is 7. The molecule has 1 aliphatic heterocycles. The van der Waals surface area contributed by atoms with Crippen LogP contribution in [0.25, 0.3) is 10.4 Å². The first kappa shape index (κ1) is 21.4. The Balaban J connectivity index is 1.74. The lowest BCUT2D eigenvalue weighted by atomic mass is 10.1. The molecule has 5 atom stereocenters. The van der Waals surface area contributed by atoms with Crippen LogP contribution in [0.3, 0.4) is 0 Å². The molecule has 12 nitrogen and oxygen atoms in total. The monoisotopic (exact) mass is 416 g/mol. The van der Waals surface area contributed by atoms with Gasteiger partial charge in [0, 0.05) is 11.1 Å². The molecule has 158 valence electrons. The fourth-order valence-corrected chi connectivity index (χ4v) is 3.08. The topological polar surface area (TPSA) is 183 Å². The molecule has 1 fully saturated rings. The maximum Gasteiger partial charge on any atom is 0.351 e. The molecular formula is C18H20N6O6. The number of carbonyl (C=O) groups is 1. The summed E-state index contributed by atoms with van der Waals surface area (Å²) < 4.78 is 6.23. The highest BCUT2D eigenvalue weighted by atomic mass is 16.6. The third-order valence-electron chi connectivity index (χ3n) is 4.64. The number of azide groups is 1. The summed E-state index contributed by atoms with van der Waals surface area (Å²) in [5.41, 5.74) is 8.69. The van der Waals surface area contributed by atoms with E-state index in [4.69, 9.17) is 15.4 Å². The number of benzene rings is 1. The Hall–Kier alpha value is -3.28. The minimum Gasteiger partial charge on any atom is -0.394 e. The number of nitrogens with one attached hydrogen (secondary N) is 1. The van der Waals surface area contributed by atoms with Crippen molar-refractivity contribution < 1.29 is 24.9 Å². The fraction of sp³-hybridized carbons (Fsp3) is 0.389. The summed E-state index contributed by atoms with van der Waals surface area (Å²) in [6.07, 6.45) is -3.70. The Morgan fingerprint density at radius 3 is 2.63 bits per heavy atom. The van der Waals surface area contributed by atoms with Crippen molar-refractivity contribution in [2.75, 3.05) is 11.9 Å². The molecule has 12 heteroatoms. The van der Waals surface area contributed by atoms with Gasteiger partial charge in [-0.15, -0.1) is 0 Å². The van der Waals surface area contributed by atoms with E-state index in [2.05, 4.69) is 20.3 Å². The number of hydrogen-bond donors (Lipinski definition) is 4. The van der Waals surface area contributed by atoms with Crippen LogP contribution in [0.1, 0.15) is 11.8 Å². The molecule has 1 aromatic carbocycles. The number of anilines is 1. The van der Waals surface area contributed by atoms with Gasteiger partial charge in [-0.3, -0.25) is 9.36 Å². The highest BCUT2D eigenvalue weighted by Crippen LogP contribution is 2.28. The zero-order chi connectivity index (χ0) is 21.7. The molecule has 2 aromatic rings. The van der Waals surface area contributed by atoms with Crippen molar-refractivity contribution in [2.24, 2.45) is 5.11 Å². The molecule has 1 saturated heterocycles. The maximum absolute atomic E-state index is 12.5. The first-order valence-electron chi connectivity index (χ1n) is 9.05. The summed E-state index contributed by atoms with van der Waals surface area (Å²) in [7, 11) is 0. The van der Waals surface area contributed by atoms with Crippen LogP contribution in [-0.4, -0.2) is 61.7 Å². The van der Waals surface area contributed by atoms with Crippen molar-refractivity contribution in [1.29, 1.82) is 0 Å². The molecule has 1 aliphatic rings. The van der Waals surface area contributed by atoms with Crippen LogP contribution in [0, 0.1) is 0 Å². The first-order valence-corrected chi connectivity index (χ1v) is 9.05. The molecule has 1 aromatic heterocycles. The highest BCUT2D eigenvalue weighted by molar-refractivity contribution is 5.94. The van der Waals surface area contributed by atoms with Gasteiger partial charge in [0.1, 0.15) is 30.2 Å². The molecule has 0 radical (unpaired) electrons. The van der Waals surface area contributed by atoms with Crippen molar-refractivity contribution in [2.45, 2.75) is 37.0 Å². The number of amides is 1. The maximum atomic E-state index is 12.5. The van der Waals surface area contributed by atoms with E-state index >= 15 is 0 Å². The summed E-state index contributed by atoms with van der Waals surface area (Å²) in [6.45, 7) is -0.534. The molecule has 0 saturated carbocycles. The van der Waals surface area contributed by atoms with E-state index in [1.165, 1.54) is 12.3 Å². The van der Waals surface area contributed by atoms with Crippen LogP contribution < -0.4 is 11.0 Å². The van der Waals surface area contributed by atoms with Gasteiger partial charge in [-0.1, -0.05) is 35.4 Å². The lowest BCUT2D eigenvalue weighted by molar-refractivity contribution is -0.117. The van der Waals surface area contributed by atoms with Crippen LogP contribution in [-0.2, 0) is 16.0 Å². The lowest BCUT2D eigenvalue weighted by Gasteiger charge is -2.17. The molecular weight excluding hydrogens is 396 g/mol. The van der Waals surface area contributed by atoms with Gasteiger partial charge in [-0.25, -0.2) is 4.79 Å². The Bertz CT molecular complexity index is 992. The number of carbonyl (C=O) groups excluding carboxylic acids is 1. The number of hydrogen-bond acceptors (Lipinski definition) is 8. The largest absolute Gasteiger partial charge is 0.394 e. The molecule has 3 rings (SSSR count). The van der Waals surface area contributed by atoms with Crippen molar-refractivity contribution in [3.05, 3.63) is 69.1 Å². The van der Waals surface area contributed by atoms with Crippen LogP contribution in [0.5, 0.6) is 0 Å². The molecule has 0 bridgehead atoms. The second-order valence-electron chi connectivity index (χ2n) is 6.63. The Morgan fingerprint density at radius 2 is 2.03 bits per heavy atom. The van der Waals surface area contributed by atoms with E-state index in [9.17, 15) is 19.8 Å². The Labute approximate surface area is 170 Å². The molecule has 0 aliphatic carbocycles. The lowest BCUT2D eigenvalue weighted by Crippen LogP contribution is -2.36. The van der Waals surface area contributed by atoms with Gasteiger partial charge in [-0.05, 0) is 23.6 Å². The predicted molar refractivity (Wildman–Crippen MR) is 103 cm³/mol. The summed E-state index contributed by atoms with van der Waals surface area (Å²) in [6, 6.07) is 9.21. The number of aromatic nitrogens is 2. The zero-order valence-electron chi connectivity index (χ0n) is 15.6. The highest BCUT2D eigenvalue weighted by Gasteiger charge is 2.43. The second kappa shape index (κ2) is 9.48. The average molecular weight is 416 g/mol.